The molecule has 1 rings (SSSR count). The average Bonchev–Trinajstić information content (AvgIpc) is 2.37. The maximum Gasteiger partial charge on any atom is 0.293 e. The van der Waals surface area contributed by atoms with Crippen molar-refractivity contribution in [1.82, 2.24) is 0 Å². The Hall–Kier alpha value is -2.17. The lowest BCUT2D eigenvalue weighted by Crippen LogP contribution is -2.25. The van der Waals surface area contributed by atoms with E-state index in [0.29, 0.717) is 24.3 Å². The van der Waals surface area contributed by atoms with Crippen molar-refractivity contribution in [3.63, 3.8) is 0 Å². The zero-order valence-corrected chi connectivity index (χ0v) is 11.3. The minimum absolute atomic E-state index is 0.0389. The maximum atomic E-state index is 11.3. The summed E-state index contributed by atoms with van der Waals surface area (Å²) >= 11 is 0. The van der Waals surface area contributed by atoms with Gasteiger partial charge in [0.1, 0.15) is 5.69 Å². The van der Waals surface area contributed by atoms with Gasteiger partial charge in [-0.2, -0.15) is 0 Å². The van der Waals surface area contributed by atoms with Crippen LogP contribution in [0.1, 0.15) is 30.6 Å². The molecule has 102 valence electrons. The fourth-order valence-corrected chi connectivity index (χ4v) is 1.89. The molecule has 0 saturated heterocycles. The highest BCUT2D eigenvalue weighted by Gasteiger charge is 2.20. The van der Waals surface area contributed by atoms with Crippen molar-refractivity contribution in [3.8, 4) is 0 Å². The molecule has 0 bridgehead atoms. The molecule has 0 radical (unpaired) electrons. The van der Waals surface area contributed by atoms with Gasteiger partial charge in [-0.15, -0.1) is 6.58 Å². The van der Waals surface area contributed by atoms with Gasteiger partial charge in [0.25, 0.3) is 5.69 Å². The van der Waals surface area contributed by atoms with E-state index in [4.69, 9.17) is 0 Å². The number of carbonyl (C=O) groups excluding carboxylic acids is 1. The second kappa shape index (κ2) is 6.68. The molecule has 1 aromatic rings. The molecule has 0 unspecified atom stereocenters. The van der Waals surface area contributed by atoms with E-state index < -0.39 is 4.92 Å². The Labute approximate surface area is 112 Å². The number of hydrogen-bond acceptors (Lipinski definition) is 4. The second-order valence-corrected chi connectivity index (χ2v) is 4.25. The predicted molar refractivity (Wildman–Crippen MR) is 75.8 cm³/mol. The summed E-state index contributed by atoms with van der Waals surface area (Å²) in [4.78, 5) is 23.9. The van der Waals surface area contributed by atoms with Crippen LogP contribution in [0.4, 0.5) is 11.4 Å². The van der Waals surface area contributed by atoms with Crippen molar-refractivity contribution < 1.29 is 9.72 Å². The third kappa shape index (κ3) is 3.64. The van der Waals surface area contributed by atoms with Crippen molar-refractivity contribution >= 4 is 17.2 Å². The average molecular weight is 262 g/mol. The molecule has 1 aromatic carbocycles. The highest BCUT2D eigenvalue weighted by molar-refractivity contribution is 5.95. The summed E-state index contributed by atoms with van der Waals surface area (Å²) in [5.41, 5.74) is 0.838. The van der Waals surface area contributed by atoms with Crippen LogP contribution in [-0.2, 0) is 0 Å². The first-order valence-electron chi connectivity index (χ1n) is 6.16. The van der Waals surface area contributed by atoms with E-state index in [1.807, 2.05) is 11.8 Å². The van der Waals surface area contributed by atoms with Crippen molar-refractivity contribution in [1.29, 1.82) is 0 Å². The van der Waals surface area contributed by atoms with E-state index in [0.717, 1.165) is 6.42 Å². The monoisotopic (exact) mass is 262 g/mol. The van der Waals surface area contributed by atoms with Crippen molar-refractivity contribution in [2.24, 2.45) is 0 Å². The van der Waals surface area contributed by atoms with Crippen molar-refractivity contribution in [3.05, 3.63) is 46.5 Å². The zero-order valence-electron chi connectivity index (χ0n) is 11.3. The van der Waals surface area contributed by atoms with Gasteiger partial charge in [-0.25, -0.2) is 0 Å². The minimum Gasteiger partial charge on any atom is -0.362 e. The van der Waals surface area contributed by atoms with E-state index >= 15 is 0 Å². The Bertz CT molecular complexity index is 497. The number of benzene rings is 1. The van der Waals surface area contributed by atoms with Gasteiger partial charge in [-0.1, -0.05) is 13.0 Å². The molecule has 0 atom stereocenters. The third-order valence-electron chi connectivity index (χ3n) is 2.76. The Morgan fingerprint density at radius 1 is 1.53 bits per heavy atom. The lowest BCUT2D eigenvalue weighted by molar-refractivity contribution is -0.384. The predicted octanol–water partition coefficient (Wildman–Crippen LogP) is 3.20. The SMILES string of the molecule is C=CCN(CCC)c1ccc(C(C)=O)cc1[N+](=O)[O-]. The molecule has 0 aliphatic heterocycles. The number of nitrogens with zero attached hydrogens (tertiary/aromatic N) is 2. The van der Waals surface area contributed by atoms with Gasteiger partial charge in [0, 0.05) is 24.7 Å². The summed E-state index contributed by atoms with van der Waals surface area (Å²) in [5.74, 6) is -0.180. The number of nitro groups is 1. The summed E-state index contributed by atoms with van der Waals surface area (Å²) in [6.45, 7) is 8.30. The van der Waals surface area contributed by atoms with Crippen LogP contribution in [0.3, 0.4) is 0 Å². The number of ketones is 1. The number of carbonyl (C=O) groups is 1. The van der Waals surface area contributed by atoms with Crippen LogP contribution in [0.15, 0.2) is 30.9 Å². The molecule has 0 N–H and O–H groups in total. The Morgan fingerprint density at radius 2 is 2.21 bits per heavy atom. The van der Waals surface area contributed by atoms with Gasteiger partial charge in [0.2, 0.25) is 0 Å². The largest absolute Gasteiger partial charge is 0.362 e. The molecular weight excluding hydrogens is 244 g/mol. The molecule has 19 heavy (non-hydrogen) atoms. The van der Waals surface area contributed by atoms with Crippen LogP contribution in [0.2, 0.25) is 0 Å². The smallest absolute Gasteiger partial charge is 0.293 e. The number of hydrogen-bond donors (Lipinski definition) is 0. The first-order chi connectivity index (χ1) is 9.01. The normalized spacial score (nSPS) is 10.0. The molecule has 0 heterocycles. The summed E-state index contributed by atoms with van der Waals surface area (Å²) in [5, 5.41) is 11.2. The van der Waals surface area contributed by atoms with Gasteiger partial charge in [-0.05, 0) is 25.5 Å². The Balaban J connectivity index is 3.27. The van der Waals surface area contributed by atoms with Gasteiger partial charge < -0.3 is 4.90 Å². The van der Waals surface area contributed by atoms with Crippen LogP contribution in [-0.4, -0.2) is 23.8 Å². The molecule has 5 heteroatoms. The van der Waals surface area contributed by atoms with Crippen LogP contribution in [0.5, 0.6) is 0 Å². The van der Waals surface area contributed by atoms with E-state index in [-0.39, 0.29) is 11.5 Å². The van der Waals surface area contributed by atoms with E-state index in [2.05, 4.69) is 6.58 Å². The molecular formula is C14H18N2O3. The molecule has 0 spiro atoms. The van der Waals surface area contributed by atoms with E-state index in [9.17, 15) is 14.9 Å². The standard InChI is InChI=1S/C14H18N2O3/c1-4-8-15(9-5-2)13-7-6-12(11(3)17)10-14(13)16(18)19/h4,6-7,10H,1,5,8-9H2,2-3H3. The summed E-state index contributed by atoms with van der Waals surface area (Å²) in [7, 11) is 0. The summed E-state index contributed by atoms with van der Waals surface area (Å²) in [6.07, 6.45) is 2.58. The van der Waals surface area contributed by atoms with E-state index in [1.165, 1.54) is 13.0 Å². The molecule has 0 aliphatic rings. The first kappa shape index (κ1) is 14.9. The molecule has 0 amide bonds. The number of anilines is 1. The highest BCUT2D eigenvalue weighted by Crippen LogP contribution is 2.29. The molecule has 0 fully saturated rings. The number of nitro benzene ring substituents is 1. The van der Waals surface area contributed by atoms with Gasteiger partial charge in [0.15, 0.2) is 5.78 Å². The minimum atomic E-state index is -0.451. The molecule has 0 aromatic heterocycles. The second-order valence-electron chi connectivity index (χ2n) is 4.25. The first-order valence-corrected chi connectivity index (χ1v) is 6.16. The number of rotatable bonds is 7. The maximum absolute atomic E-state index is 11.3. The van der Waals surface area contributed by atoms with Crippen molar-refractivity contribution in [2.75, 3.05) is 18.0 Å². The molecule has 5 nitrogen and oxygen atoms in total. The molecule has 0 aliphatic carbocycles. The lowest BCUT2D eigenvalue weighted by Gasteiger charge is -2.22. The lowest BCUT2D eigenvalue weighted by atomic mass is 10.1. The van der Waals surface area contributed by atoms with Crippen LogP contribution < -0.4 is 4.90 Å². The Morgan fingerprint density at radius 3 is 2.68 bits per heavy atom. The zero-order chi connectivity index (χ0) is 14.4. The molecule has 0 saturated carbocycles. The van der Waals surface area contributed by atoms with Gasteiger partial charge in [0.05, 0.1) is 4.92 Å². The summed E-state index contributed by atoms with van der Waals surface area (Å²) in [6, 6.07) is 4.59. The fraction of sp³-hybridized carbons (Fsp3) is 0.357. The quantitative estimate of drug-likeness (QED) is 0.327. The van der Waals surface area contributed by atoms with Gasteiger partial charge >= 0.3 is 0 Å². The van der Waals surface area contributed by atoms with Crippen molar-refractivity contribution in [2.45, 2.75) is 20.3 Å². The van der Waals surface area contributed by atoms with Crippen LogP contribution >= 0.6 is 0 Å². The van der Waals surface area contributed by atoms with E-state index in [1.54, 1.807) is 18.2 Å². The Kier molecular flexibility index (Phi) is 5.23. The van der Waals surface area contributed by atoms with Crippen LogP contribution in [0.25, 0.3) is 0 Å². The van der Waals surface area contributed by atoms with Gasteiger partial charge in [-0.3, -0.25) is 14.9 Å². The third-order valence-corrected chi connectivity index (χ3v) is 2.76. The van der Waals surface area contributed by atoms with Crippen LogP contribution in [0, 0.1) is 10.1 Å². The number of Topliss-reactive ketones (excluding diaryl/α,β-unsaturated/α-hetero) is 1. The fourth-order valence-electron chi connectivity index (χ4n) is 1.89. The highest BCUT2D eigenvalue weighted by atomic mass is 16.6. The topological polar surface area (TPSA) is 63.5 Å². The summed E-state index contributed by atoms with van der Waals surface area (Å²) < 4.78 is 0.